The highest BCUT2D eigenvalue weighted by Gasteiger charge is 2.10. The minimum atomic E-state index is -1.07. The molecular formula is C20H17F2N3O. The van der Waals surface area contributed by atoms with Gasteiger partial charge in [0.05, 0.1) is 11.9 Å². The molecule has 1 aromatic heterocycles. The zero-order valence-corrected chi connectivity index (χ0v) is 14.3. The average Bonchev–Trinajstić information content (AvgIpc) is 2.62. The molecule has 3 rings (SSSR count). The van der Waals surface area contributed by atoms with E-state index in [9.17, 15) is 13.6 Å². The number of hydrogen-bond donors (Lipinski definition) is 2. The van der Waals surface area contributed by atoms with E-state index in [-0.39, 0.29) is 5.56 Å². The van der Waals surface area contributed by atoms with E-state index in [0.29, 0.717) is 11.5 Å². The molecular weight excluding hydrogens is 336 g/mol. The van der Waals surface area contributed by atoms with Crippen LogP contribution in [-0.2, 0) is 0 Å². The summed E-state index contributed by atoms with van der Waals surface area (Å²) >= 11 is 0. The van der Waals surface area contributed by atoms with Crippen LogP contribution in [0.3, 0.4) is 0 Å². The standard InChI is InChI=1S/C20H17F2N3O/c1-12-4-3-5-13(2)19(12)25-18-9-7-15(11-23-18)24-20(26)14-6-8-16(21)17(22)10-14/h3-11H,1-2H3,(H,23,25)(H,24,26). The SMILES string of the molecule is Cc1cccc(C)c1Nc1ccc(NC(=O)c2ccc(F)c(F)c2)cn1. The van der Waals surface area contributed by atoms with E-state index in [4.69, 9.17) is 0 Å². The lowest BCUT2D eigenvalue weighted by Gasteiger charge is -2.12. The van der Waals surface area contributed by atoms with Crippen molar-refractivity contribution in [3.05, 3.63) is 83.1 Å². The summed E-state index contributed by atoms with van der Waals surface area (Å²) in [5.74, 6) is -1.97. The second kappa shape index (κ2) is 7.31. The first-order chi connectivity index (χ1) is 12.4. The molecule has 0 atom stereocenters. The van der Waals surface area contributed by atoms with Crippen LogP contribution < -0.4 is 10.6 Å². The van der Waals surface area contributed by atoms with Crippen molar-refractivity contribution in [2.24, 2.45) is 0 Å². The van der Waals surface area contributed by atoms with Crippen LogP contribution in [0.15, 0.2) is 54.7 Å². The van der Waals surface area contributed by atoms with E-state index >= 15 is 0 Å². The Labute approximate surface area is 149 Å². The maximum atomic E-state index is 13.2. The Morgan fingerprint density at radius 3 is 2.31 bits per heavy atom. The summed E-state index contributed by atoms with van der Waals surface area (Å²) in [6.45, 7) is 4.01. The highest BCUT2D eigenvalue weighted by Crippen LogP contribution is 2.23. The molecule has 2 N–H and O–H groups in total. The number of nitrogens with one attached hydrogen (secondary N) is 2. The van der Waals surface area contributed by atoms with Crippen molar-refractivity contribution in [2.75, 3.05) is 10.6 Å². The largest absolute Gasteiger partial charge is 0.340 e. The summed E-state index contributed by atoms with van der Waals surface area (Å²) in [4.78, 5) is 16.4. The smallest absolute Gasteiger partial charge is 0.255 e. The van der Waals surface area contributed by atoms with Gasteiger partial charge in [-0.25, -0.2) is 13.8 Å². The third-order valence-corrected chi connectivity index (χ3v) is 3.94. The molecule has 3 aromatic rings. The predicted octanol–water partition coefficient (Wildman–Crippen LogP) is 4.97. The van der Waals surface area contributed by atoms with Crippen LogP contribution in [-0.4, -0.2) is 10.9 Å². The predicted molar refractivity (Wildman–Crippen MR) is 97.7 cm³/mol. The normalized spacial score (nSPS) is 10.5. The summed E-state index contributed by atoms with van der Waals surface area (Å²) in [6.07, 6.45) is 1.49. The van der Waals surface area contributed by atoms with Crippen molar-refractivity contribution in [3.63, 3.8) is 0 Å². The van der Waals surface area contributed by atoms with E-state index in [1.54, 1.807) is 12.1 Å². The molecule has 2 aromatic carbocycles. The zero-order valence-electron chi connectivity index (χ0n) is 14.3. The van der Waals surface area contributed by atoms with Crippen molar-refractivity contribution < 1.29 is 13.6 Å². The number of aryl methyl sites for hydroxylation is 2. The highest BCUT2D eigenvalue weighted by atomic mass is 19.2. The molecule has 0 spiro atoms. The molecule has 4 nitrogen and oxygen atoms in total. The molecule has 0 aliphatic rings. The van der Waals surface area contributed by atoms with Gasteiger partial charge in [0.2, 0.25) is 0 Å². The fourth-order valence-electron chi connectivity index (χ4n) is 2.52. The first kappa shape index (κ1) is 17.5. The Bertz CT molecular complexity index is 936. The molecule has 26 heavy (non-hydrogen) atoms. The summed E-state index contributed by atoms with van der Waals surface area (Å²) in [7, 11) is 0. The Morgan fingerprint density at radius 2 is 1.69 bits per heavy atom. The Balaban J connectivity index is 1.71. The third-order valence-electron chi connectivity index (χ3n) is 3.94. The summed E-state index contributed by atoms with van der Waals surface area (Å²) in [5.41, 5.74) is 3.66. The molecule has 132 valence electrons. The fraction of sp³-hybridized carbons (Fsp3) is 0.100. The summed E-state index contributed by atoms with van der Waals surface area (Å²) < 4.78 is 26.2. The number of nitrogens with zero attached hydrogens (tertiary/aromatic N) is 1. The molecule has 0 aliphatic heterocycles. The van der Waals surface area contributed by atoms with Crippen molar-refractivity contribution in [2.45, 2.75) is 13.8 Å². The maximum absolute atomic E-state index is 13.2. The number of hydrogen-bond acceptors (Lipinski definition) is 3. The average molecular weight is 353 g/mol. The van der Waals surface area contributed by atoms with E-state index in [1.807, 2.05) is 32.0 Å². The second-order valence-electron chi connectivity index (χ2n) is 5.91. The van der Waals surface area contributed by atoms with Crippen LogP contribution in [0.25, 0.3) is 0 Å². The molecule has 0 radical (unpaired) electrons. The van der Waals surface area contributed by atoms with Gasteiger partial charge in [-0.2, -0.15) is 0 Å². The van der Waals surface area contributed by atoms with Gasteiger partial charge in [-0.3, -0.25) is 4.79 Å². The van der Waals surface area contributed by atoms with Crippen LogP contribution in [0, 0.1) is 25.5 Å². The van der Waals surface area contributed by atoms with Gasteiger partial charge >= 0.3 is 0 Å². The van der Waals surface area contributed by atoms with Gasteiger partial charge in [0.25, 0.3) is 5.91 Å². The quantitative estimate of drug-likeness (QED) is 0.696. The van der Waals surface area contributed by atoms with E-state index < -0.39 is 17.5 Å². The number of carbonyl (C=O) groups is 1. The van der Waals surface area contributed by atoms with Crippen LogP contribution >= 0.6 is 0 Å². The van der Waals surface area contributed by atoms with Crippen LogP contribution in [0.4, 0.5) is 26.0 Å². The number of amides is 1. The molecule has 0 unspecified atom stereocenters. The molecule has 1 heterocycles. The van der Waals surface area contributed by atoms with Crippen molar-refractivity contribution in [3.8, 4) is 0 Å². The Kier molecular flexibility index (Phi) is 4.93. The number of pyridine rings is 1. The van der Waals surface area contributed by atoms with Gasteiger partial charge in [0, 0.05) is 11.3 Å². The van der Waals surface area contributed by atoms with Gasteiger partial charge in [-0.05, 0) is 55.3 Å². The summed E-state index contributed by atoms with van der Waals surface area (Å²) in [6, 6.07) is 12.4. The Hall–Kier alpha value is -3.28. The van der Waals surface area contributed by atoms with E-state index in [1.165, 1.54) is 12.3 Å². The first-order valence-electron chi connectivity index (χ1n) is 8.00. The minimum Gasteiger partial charge on any atom is -0.340 e. The number of carbonyl (C=O) groups excluding carboxylic acids is 1. The number of halogens is 2. The van der Waals surface area contributed by atoms with Gasteiger partial charge < -0.3 is 10.6 Å². The van der Waals surface area contributed by atoms with Crippen LogP contribution in [0.2, 0.25) is 0 Å². The Morgan fingerprint density at radius 1 is 0.962 bits per heavy atom. The highest BCUT2D eigenvalue weighted by molar-refractivity contribution is 6.04. The van der Waals surface area contributed by atoms with Crippen molar-refractivity contribution in [1.82, 2.24) is 4.98 Å². The summed E-state index contributed by atoms with van der Waals surface area (Å²) in [5, 5.41) is 5.85. The lowest BCUT2D eigenvalue weighted by molar-refractivity contribution is 0.102. The molecule has 0 saturated carbocycles. The third kappa shape index (κ3) is 3.85. The molecule has 0 bridgehead atoms. The lowest BCUT2D eigenvalue weighted by Crippen LogP contribution is -2.12. The lowest BCUT2D eigenvalue weighted by atomic mass is 10.1. The zero-order chi connectivity index (χ0) is 18.7. The van der Waals surface area contributed by atoms with Gasteiger partial charge in [0.15, 0.2) is 11.6 Å². The second-order valence-corrected chi connectivity index (χ2v) is 5.91. The van der Waals surface area contributed by atoms with Gasteiger partial charge in [-0.15, -0.1) is 0 Å². The molecule has 6 heteroatoms. The number of para-hydroxylation sites is 1. The molecule has 1 amide bonds. The van der Waals surface area contributed by atoms with E-state index in [0.717, 1.165) is 28.9 Å². The molecule has 0 aliphatic carbocycles. The fourth-order valence-corrected chi connectivity index (χ4v) is 2.52. The molecule has 0 saturated heterocycles. The van der Waals surface area contributed by atoms with E-state index in [2.05, 4.69) is 15.6 Å². The topological polar surface area (TPSA) is 54.0 Å². The van der Waals surface area contributed by atoms with Crippen LogP contribution in [0.1, 0.15) is 21.5 Å². The van der Waals surface area contributed by atoms with Gasteiger partial charge in [-0.1, -0.05) is 18.2 Å². The number of rotatable bonds is 4. The number of aromatic nitrogens is 1. The molecule has 0 fully saturated rings. The van der Waals surface area contributed by atoms with Crippen molar-refractivity contribution in [1.29, 1.82) is 0 Å². The van der Waals surface area contributed by atoms with Crippen molar-refractivity contribution >= 4 is 23.1 Å². The number of benzene rings is 2. The first-order valence-corrected chi connectivity index (χ1v) is 8.00. The van der Waals surface area contributed by atoms with Gasteiger partial charge in [0.1, 0.15) is 5.82 Å². The minimum absolute atomic E-state index is 0.0293. The monoisotopic (exact) mass is 353 g/mol. The maximum Gasteiger partial charge on any atom is 0.255 e. The van der Waals surface area contributed by atoms with Crippen LogP contribution in [0.5, 0.6) is 0 Å². The number of anilines is 3.